The van der Waals surface area contributed by atoms with Crippen molar-refractivity contribution in [2.24, 2.45) is 5.10 Å². The van der Waals surface area contributed by atoms with Crippen LogP contribution in [0.1, 0.15) is 27.8 Å². The Labute approximate surface area is 265 Å². The molecular formula is C32H31BrClN3O5S. The molecule has 8 nitrogen and oxygen atoms in total. The van der Waals surface area contributed by atoms with Gasteiger partial charge in [-0.15, -0.1) is 0 Å². The van der Waals surface area contributed by atoms with E-state index in [2.05, 4.69) is 26.5 Å². The lowest BCUT2D eigenvalue weighted by Gasteiger charge is -2.24. The number of nitrogens with zero attached hydrogens (tertiary/aromatic N) is 2. The molecule has 0 bridgehead atoms. The van der Waals surface area contributed by atoms with Crippen molar-refractivity contribution < 1.29 is 22.7 Å². The normalized spacial score (nSPS) is 11.4. The average molecular weight is 685 g/mol. The van der Waals surface area contributed by atoms with Crippen molar-refractivity contribution in [1.82, 2.24) is 5.43 Å². The molecule has 1 N–H and O–H groups in total. The summed E-state index contributed by atoms with van der Waals surface area (Å²) in [5, 5.41) is 4.70. The van der Waals surface area contributed by atoms with Gasteiger partial charge in [-0.25, -0.2) is 13.8 Å². The van der Waals surface area contributed by atoms with Gasteiger partial charge in [0.15, 0.2) is 11.5 Å². The van der Waals surface area contributed by atoms with Crippen molar-refractivity contribution in [1.29, 1.82) is 0 Å². The van der Waals surface area contributed by atoms with Crippen LogP contribution in [-0.2, 0) is 21.4 Å². The third kappa shape index (κ3) is 8.16. The number of nitrogens with one attached hydrogen (secondary N) is 1. The van der Waals surface area contributed by atoms with E-state index in [4.69, 9.17) is 21.1 Å². The molecule has 0 aromatic heterocycles. The number of sulfonamides is 1. The van der Waals surface area contributed by atoms with Gasteiger partial charge in [0.2, 0.25) is 0 Å². The number of ether oxygens (including phenoxy) is 2. The first kappa shape index (κ1) is 32.1. The number of anilines is 1. The van der Waals surface area contributed by atoms with Crippen molar-refractivity contribution in [2.45, 2.75) is 32.3 Å². The zero-order valence-electron chi connectivity index (χ0n) is 24.1. The van der Waals surface area contributed by atoms with E-state index in [0.29, 0.717) is 38.9 Å². The van der Waals surface area contributed by atoms with Gasteiger partial charge < -0.3 is 9.47 Å². The Morgan fingerprint density at radius 2 is 1.67 bits per heavy atom. The van der Waals surface area contributed by atoms with E-state index in [-0.39, 0.29) is 4.90 Å². The first-order valence-corrected chi connectivity index (χ1v) is 15.8. The molecule has 0 saturated heterocycles. The van der Waals surface area contributed by atoms with E-state index in [1.54, 1.807) is 48.5 Å². The van der Waals surface area contributed by atoms with Crippen molar-refractivity contribution in [3.63, 3.8) is 0 Å². The Hall–Kier alpha value is -3.86. The van der Waals surface area contributed by atoms with Crippen molar-refractivity contribution >= 4 is 55.4 Å². The summed E-state index contributed by atoms with van der Waals surface area (Å²) in [5.74, 6) is 0.351. The number of methoxy groups -OCH3 is 1. The Morgan fingerprint density at radius 1 is 0.977 bits per heavy atom. The highest BCUT2D eigenvalue weighted by molar-refractivity contribution is 9.10. The first-order valence-electron chi connectivity index (χ1n) is 13.2. The lowest BCUT2D eigenvalue weighted by atomic mass is 10.1. The van der Waals surface area contributed by atoms with Crippen LogP contribution in [0, 0.1) is 20.8 Å². The third-order valence-corrected chi connectivity index (χ3v) is 9.25. The molecule has 0 aliphatic heterocycles. The fourth-order valence-electron chi connectivity index (χ4n) is 4.07. The molecule has 0 atom stereocenters. The summed E-state index contributed by atoms with van der Waals surface area (Å²) in [4.78, 5) is 13.1. The van der Waals surface area contributed by atoms with Crippen LogP contribution >= 0.6 is 27.5 Å². The zero-order chi connectivity index (χ0) is 31.1. The summed E-state index contributed by atoms with van der Waals surface area (Å²) in [6.45, 7) is 5.53. The maximum Gasteiger partial charge on any atom is 0.264 e. The van der Waals surface area contributed by atoms with Crippen LogP contribution in [0.15, 0.2) is 93.3 Å². The van der Waals surface area contributed by atoms with Crippen molar-refractivity contribution in [2.75, 3.05) is 18.0 Å². The second kappa shape index (κ2) is 14.1. The van der Waals surface area contributed by atoms with E-state index in [9.17, 15) is 13.2 Å². The smallest absolute Gasteiger partial charge is 0.264 e. The number of hydrogen-bond donors (Lipinski definition) is 1. The quantitative estimate of drug-likeness (QED) is 0.136. The summed E-state index contributed by atoms with van der Waals surface area (Å²) in [7, 11) is -2.52. The van der Waals surface area contributed by atoms with Crippen LogP contribution in [0.4, 0.5) is 5.69 Å². The Balaban J connectivity index is 1.50. The highest BCUT2D eigenvalue weighted by atomic mass is 79.9. The van der Waals surface area contributed by atoms with Crippen LogP contribution in [0.25, 0.3) is 0 Å². The number of hydrazone groups is 1. The zero-order valence-corrected chi connectivity index (χ0v) is 27.3. The molecule has 11 heteroatoms. The summed E-state index contributed by atoms with van der Waals surface area (Å²) in [5.41, 5.74) is 7.20. The van der Waals surface area contributed by atoms with E-state index in [1.165, 1.54) is 25.5 Å². The Kier molecular flexibility index (Phi) is 10.5. The summed E-state index contributed by atoms with van der Waals surface area (Å²) in [6, 6.07) is 22.6. The van der Waals surface area contributed by atoms with Gasteiger partial charge in [-0.3, -0.25) is 9.10 Å². The molecule has 0 unspecified atom stereocenters. The number of benzene rings is 4. The van der Waals surface area contributed by atoms with Crippen LogP contribution in [-0.4, -0.2) is 34.2 Å². The minimum atomic E-state index is -4.04. The maximum absolute atomic E-state index is 13.6. The fourth-order valence-corrected chi connectivity index (χ4v) is 6.18. The third-order valence-electron chi connectivity index (χ3n) is 6.63. The van der Waals surface area contributed by atoms with Gasteiger partial charge in [-0.2, -0.15) is 5.10 Å². The molecule has 4 aromatic carbocycles. The first-order chi connectivity index (χ1) is 20.5. The predicted molar refractivity (Wildman–Crippen MR) is 174 cm³/mol. The summed E-state index contributed by atoms with van der Waals surface area (Å²) in [6.07, 6.45) is 1.43. The Morgan fingerprint density at radius 3 is 2.33 bits per heavy atom. The molecule has 43 heavy (non-hydrogen) atoms. The van der Waals surface area contributed by atoms with Gasteiger partial charge in [-0.05, 0) is 107 Å². The number of carbonyl (C=O) groups is 1. The van der Waals surface area contributed by atoms with Gasteiger partial charge in [0.05, 0.1) is 28.4 Å². The number of halogens is 2. The maximum atomic E-state index is 13.6. The minimum Gasteiger partial charge on any atom is -0.493 e. The number of carbonyl (C=O) groups excluding carboxylic acids is 1. The standard InChI is InChI=1S/C32H31BrClN3O5S/c1-21-5-13-28(14-6-21)43(39,40)37(27-12-7-22(2)23(3)15-27)19-31(38)36-35-18-25-16-29(33)32(30(17-25)41-4)42-20-24-8-10-26(34)11-9-24/h5-18H,19-20H2,1-4H3,(H,36,38)/b35-18-. The second-order valence-corrected chi connectivity index (χ2v) is 13.0. The number of rotatable bonds is 11. The van der Waals surface area contributed by atoms with E-state index in [1.807, 2.05) is 39.0 Å². The molecule has 0 heterocycles. The highest BCUT2D eigenvalue weighted by Gasteiger charge is 2.27. The molecule has 1 amide bonds. The van der Waals surface area contributed by atoms with E-state index >= 15 is 0 Å². The molecule has 0 aliphatic rings. The molecule has 224 valence electrons. The lowest BCUT2D eigenvalue weighted by Crippen LogP contribution is -2.39. The molecule has 0 aliphatic carbocycles. The highest BCUT2D eigenvalue weighted by Crippen LogP contribution is 2.37. The average Bonchev–Trinajstić information content (AvgIpc) is 2.97. The molecule has 0 saturated carbocycles. The topological polar surface area (TPSA) is 97.3 Å². The molecular weight excluding hydrogens is 654 g/mol. The summed E-state index contributed by atoms with van der Waals surface area (Å²) < 4.78 is 40.5. The van der Waals surface area contributed by atoms with Crippen LogP contribution in [0.3, 0.4) is 0 Å². The van der Waals surface area contributed by atoms with Gasteiger partial charge in [0.25, 0.3) is 15.9 Å². The van der Waals surface area contributed by atoms with Crippen LogP contribution in [0.2, 0.25) is 5.02 Å². The second-order valence-electron chi connectivity index (χ2n) is 9.84. The van der Waals surface area contributed by atoms with E-state index in [0.717, 1.165) is 26.6 Å². The number of hydrogen-bond acceptors (Lipinski definition) is 6. The molecule has 0 radical (unpaired) electrons. The molecule has 0 spiro atoms. The minimum absolute atomic E-state index is 0.0861. The van der Waals surface area contributed by atoms with Crippen molar-refractivity contribution in [3.05, 3.63) is 116 Å². The number of aryl methyl sites for hydroxylation is 3. The largest absolute Gasteiger partial charge is 0.493 e. The Bertz CT molecular complexity index is 1740. The van der Waals surface area contributed by atoms with Crippen LogP contribution < -0.4 is 19.2 Å². The molecule has 4 aromatic rings. The SMILES string of the molecule is COc1cc(/C=N\NC(=O)CN(c2ccc(C)c(C)c2)S(=O)(=O)c2ccc(C)cc2)cc(Br)c1OCc1ccc(Cl)cc1. The van der Waals surface area contributed by atoms with Gasteiger partial charge in [0.1, 0.15) is 13.2 Å². The van der Waals surface area contributed by atoms with Crippen LogP contribution in [0.5, 0.6) is 11.5 Å². The molecule has 4 rings (SSSR count). The predicted octanol–water partition coefficient (Wildman–Crippen LogP) is 6.96. The fraction of sp³-hybridized carbons (Fsp3) is 0.188. The number of amides is 1. The van der Waals surface area contributed by atoms with E-state index < -0.39 is 22.5 Å². The lowest BCUT2D eigenvalue weighted by molar-refractivity contribution is -0.119. The summed E-state index contributed by atoms with van der Waals surface area (Å²) >= 11 is 9.47. The molecule has 0 fully saturated rings. The monoisotopic (exact) mass is 683 g/mol. The van der Waals surface area contributed by atoms with Gasteiger partial charge in [0, 0.05) is 5.02 Å². The van der Waals surface area contributed by atoms with Crippen molar-refractivity contribution in [3.8, 4) is 11.5 Å². The van der Waals surface area contributed by atoms with Gasteiger partial charge in [-0.1, -0.05) is 47.5 Å². The van der Waals surface area contributed by atoms with Gasteiger partial charge >= 0.3 is 0 Å².